The van der Waals surface area contributed by atoms with E-state index in [2.05, 4.69) is 0 Å². The highest BCUT2D eigenvalue weighted by atomic mass is 16.1. The van der Waals surface area contributed by atoms with Gasteiger partial charge in [-0.3, -0.25) is 4.79 Å². The summed E-state index contributed by atoms with van der Waals surface area (Å²) < 4.78 is 0. The van der Waals surface area contributed by atoms with Gasteiger partial charge in [0.15, 0.2) is 5.78 Å². The van der Waals surface area contributed by atoms with Crippen molar-refractivity contribution in [3.05, 3.63) is 35.4 Å². The normalized spacial score (nSPS) is 10.1. The molecule has 0 amide bonds. The van der Waals surface area contributed by atoms with E-state index in [9.17, 15) is 4.79 Å². The molecule has 1 rings (SSSR count). The molecule has 0 aromatic heterocycles. The third-order valence-corrected chi connectivity index (χ3v) is 2.23. The van der Waals surface area contributed by atoms with Gasteiger partial charge in [0.25, 0.3) is 0 Å². The highest BCUT2D eigenvalue weighted by Gasteiger charge is 1.98. The minimum Gasteiger partial charge on any atom is -0.295 e. The van der Waals surface area contributed by atoms with Crippen molar-refractivity contribution in [1.82, 2.24) is 5.73 Å². The number of nitrogens with zero attached hydrogens (tertiary/aromatic N) is 1. The predicted octanol–water partition coefficient (Wildman–Crippen LogP) is 2.28. The van der Waals surface area contributed by atoms with Crippen molar-refractivity contribution >= 4 is 5.78 Å². The summed E-state index contributed by atoms with van der Waals surface area (Å²) in [6.07, 6.45) is 2.81. The van der Waals surface area contributed by atoms with E-state index in [1.54, 1.807) is 6.92 Å². The molecule has 0 unspecified atom stereocenters. The minimum atomic E-state index is 0.104. The van der Waals surface area contributed by atoms with Crippen LogP contribution in [-0.4, -0.2) is 12.3 Å². The Morgan fingerprint density at radius 2 is 1.86 bits per heavy atom. The monoisotopic (exact) mass is 189 g/mol. The van der Waals surface area contributed by atoms with Gasteiger partial charge in [-0.25, -0.2) is 0 Å². The molecule has 0 saturated carbocycles. The van der Waals surface area contributed by atoms with E-state index in [1.807, 2.05) is 24.3 Å². The second-order valence-corrected chi connectivity index (χ2v) is 3.43. The molecule has 2 nitrogen and oxygen atoms in total. The Kier molecular flexibility index (Phi) is 4.33. The lowest BCUT2D eigenvalue weighted by molar-refractivity contribution is 0.101. The summed E-state index contributed by atoms with van der Waals surface area (Å²) in [7, 11) is 0. The van der Waals surface area contributed by atoms with Crippen LogP contribution >= 0.6 is 0 Å². The van der Waals surface area contributed by atoms with Gasteiger partial charge in [0.2, 0.25) is 0 Å². The van der Waals surface area contributed by atoms with Gasteiger partial charge in [0.1, 0.15) is 0 Å². The zero-order valence-electron chi connectivity index (χ0n) is 8.49. The average Bonchev–Trinajstić information content (AvgIpc) is 2.19. The summed E-state index contributed by atoms with van der Waals surface area (Å²) in [5, 5.41) is 0. The Morgan fingerprint density at radius 1 is 1.21 bits per heavy atom. The van der Waals surface area contributed by atoms with Crippen LogP contribution in [0, 0.1) is 0 Å². The number of rotatable bonds is 5. The van der Waals surface area contributed by atoms with Gasteiger partial charge in [-0.1, -0.05) is 24.3 Å². The molecule has 0 N–H and O–H groups in total. The van der Waals surface area contributed by atoms with Gasteiger partial charge in [0.05, 0.1) is 0 Å². The first kappa shape index (κ1) is 10.9. The molecule has 2 heteroatoms. The summed E-state index contributed by atoms with van der Waals surface area (Å²) in [6.45, 7) is 1.83. The van der Waals surface area contributed by atoms with Crippen molar-refractivity contribution < 1.29 is 4.79 Å². The number of carbonyl (C=O) groups excluding carboxylic acids is 1. The van der Waals surface area contributed by atoms with E-state index in [-0.39, 0.29) is 12.3 Å². The van der Waals surface area contributed by atoms with Gasteiger partial charge in [-0.05, 0) is 31.7 Å². The van der Waals surface area contributed by atoms with Crippen LogP contribution in [0.25, 0.3) is 0 Å². The minimum absolute atomic E-state index is 0.104. The van der Waals surface area contributed by atoms with Crippen molar-refractivity contribution in [2.45, 2.75) is 26.2 Å². The highest BCUT2D eigenvalue weighted by Crippen LogP contribution is 2.08. The number of aryl methyl sites for hydroxylation is 1. The first-order valence-corrected chi connectivity index (χ1v) is 4.95. The molecule has 0 spiro atoms. The van der Waals surface area contributed by atoms with Crippen molar-refractivity contribution in [1.29, 1.82) is 0 Å². The van der Waals surface area contributed by atoms with Crippen molar-refractivity contribution in [2.75, 3.05) is 6.54 Å². The summed E-state index contributed by atoms with van der Waals surface area (Å²) in [5.74, 6) is 0.104. The summed E-state index contributed by atoms with van der Waals surface area (Å²) >= 11 is 0. The molecule has 0 aliphatic rings. The van der Waals surface area contributed by atoms with Crippen LogP contribution in [0.3, 0.4) is 0 Å². The molecule has 0 aliphatic heterocycles. The Morgan fingerprint density at radius 3 is 2.36 bits per heavy atom. The topological polar surface area (TPSA) is 39.4 Å². The van der Waals surface area contributed by atoms with E-state index < -0.39 is 0 Å². The molecule has 0 aliphatic carbocycles. The van der Waals surface area contributed by atoms with E-state index in [0.717, 1.165) is 24.8 Å². The first-order chi connectivity index (χ1) is 6.74. The maximum atomic E-state index is 11.0. The van der Waals surface area contributed by atoms with Crippen molar-refractivity contribution in [3.63, 3.8) is 0 Å². The molecule has 74 valence electrons. The summed E-state index contributed by atoms with van der Waals surface area (Å²) in [4.78, 5) is 11.0. The van der Waals surface area contributed by atoms with Crippen LogP contribution in [0.2, 0.25) is 0 Å². The van der Waals surface area contributed by atoms with Gasteiger partial charge in [-0.2, -0.15) is 0 Å². The summed E-state index contributed by atoms with van der Waals surface area (Å²) in [6, 6.07) is 7.68. The fourth-order valence-corrected chi connectivity index (χ4v) is 1.35. The highest BCUT2D eigenvalue weighted by molar-refractivity contribution is 5.93. The Balaban J connectivity index is 2.51. The number of benzene rings is 1. The number of unbranched alkanes of at least 4 members (excludes halogenated alkanes) is 1. The number of carbonyl (C=O) groups is 1. The third-order valence-electron chi connectivity index (χ3n) is 2.23. The SMILES string of the molecule is CC(=O)c1ccc(CCCC[N])cc1. The van der Waals surface area contributed by atoms with Crippen LogP contribution in [0.4, 0.5) is 0 Å². The Labute approximate surface area is 85.1 Å². The lowest BCUT2D eigenvalue weighted by Crippen LogP contribution is -1.93. The van der Waals surface area contributed by atoms with E-state index in [4.69, 9.17) is 5.73 Å². The molecule has 1 aromatic rings. The van der Waals surface area contributed by atoms with Crippen LogP contribution in [-0.2, 0) is 6.42 Å². The largest absolute Gasteiger partial charge is 0.295 e. The molecule has 0 atom stereocenters. The van der Waals surface area contributed by atoms with Crippen molar-refractivity contribution in [2.24, 2.45) is 0 Å². The second-order valence-electron chi connectivity index (χ2n) is 3.43. The van der Waals surface area contributed by atoms with Gasteiger partial charge in [-0.15, -0.1) is 5.73 Å². The maximum absolute atomic E-state index is 11.0. The van der Waals surface area contributed by atoms with Crippen LogP contribution < -0.4 is 5.73 Å². The fourth-order valence-electron chi connectivity index (χ4n) is 1.35. The zero-order chi connectivity index (χ0) is 10.4. The third kappa shape index (κ3) is 3.30. The van der Waals surface area contributed by atoms with Crippen LogP contribution in [0.1, 0.15) is 35.7 Å². The van der Waals surface area contributed by atoms with E-state index in [1.165, 1.54) is 5.56 Å². The molecule has 0 fully saturated rings. The molecule has 1 aromatic carbocycles. The van der Waals surface area contributed by atoms with Crippen LogP contribution in [0.5, 0.6) is 0 Å². The van der Waals surface area contributed by atoms with E-state index >= 15 is 0 Å². The lowest BCUT2D eigenvalue weighted by Gasteiger charge is -2.01. The van der Waals surface area contributed by atoms with Crippen molar-refractivity contribution in [3.8, 4) is 0 Å². The Hall–Kier alpha value is -1.15. The quantitative estimate of drug-likeness (QED) is 0.517. The van der Waals surface area contributed by atoms with Gasteiger partial charge >= 0.3 is 0 Å². The average molecular weight is 189 g/mol. The number of hydrogen-bond acceptors (Lipinski definition) is 1. The number of hydrogen-bond donors (Lipinski definition) is 0. The molecule has 14 heavy (non-hydrogen) atoms. The standard InChI is InChI=1S/C12H15NO/c1-10(14)12-7-5-11(6-8-12)4-2-3-9-13/h5-8H,2-4,9H2,1H3. The molecular weight excluding hydrogens is 174 g/mol. The summed E-state index contributed by atoms with van der Waals surface area (Å²) in [5.41, 5.74) is 10.6. The lowest BCUT2D eigenvalue weighted by atomic mass is 10.0. The number of ketones is 1. The zero-order valence-corrected chi connectivity index (χ0v) is 8.49. The molecule has 0 bridgehead atoms. The number of Topliss-reactive ketones (excluding diaryl/α,β-unsaturated/α-hetero) is 1. The fraction of sp³-hybridized carbons (Fsp3) is 0.417. The van der Waals surface area contributed by atoms with E-state index in [0.29, 0.717) is 0 Å². The Bertz CT molecular complexity index is 290. The molecular formula is C12H15NO. The predicted molar refractivity (Wildman–Crippen MR) is 56.4 cm³/mol. The smallest absolute Gasteiger partial charge is 0.159 e. The second kappa shape index (κ2) is 5.55. The molecule has 0 saturated heterocycles. The first-order valence-electron chi connectivity index (χ1n) is 4.95. The van der Waals surface area contributed by atoms with Gasteiger partial charge in [0, 0.05) is 12.1 Å². The maximum Gasteiger partial charge on any atom is 0.159 e. The van der Waals surface area contributed by atoms with Gasteiger partial charge < -0.3 is 0 Å². The molecule has 0 heterocycles. The molecule has 2 radical (unpaired) electrons. The van der Waals surface area contributed by atoms with Crippen LogP contribution in [0.15, 0.2) is 24.3 Å².